The van der Waals surface area contributed by atoms with Gasteiger partial charge in [0, 0.05) is 6.54 Å². The van der Waals surface area contributed by atoms with Gasteiger partial charge in [-0.2, -0.15) is 4.68 Å². The molecule has 104 valence electrons. The van der Waals surface area contributed by atoms with Gasteiger partial charge in [0.25, 0.3) is 5.56 Å². The summed E-state index contributed by atoms with van der Waals surface area (Å²) in [5, 5.41) is 17.5. The van der Waals surface area contributed by atoms with Crippen molar-refractivity contribution < 1.29 is 9.90 Å². The van der Waals surface area contributed by atoms with E-state index in [2.05, 4.69) is 10.3 Å². The number of likely N-dealkylation sites (tertiary alicyclic amines) is 1. The summed E-state index contributed by atoms with van der Waals surface area (Å²) in [6.07, 6.45) is 1.41. The molecule has 0 bridgehead atoms. The molecule has 0 spiro atoms. The molecular weight excluding hydrogens is 260 g/mol. The summed E-state index contributed by atoms with van der Waals surface area (Å²) < 4.78 is 1.23. The van der Waals surface area contributed by atoms with E-state index < -0.39 is 12.0 Å². The van der Waals surface area contributed by atoms with Crippen molar-refractivity contribution >= 4 is 16.9 Å². The van der Waals surface area contributed by atoms with Gasteiger partial charge in [-0.1, -0.05) is 17.3 Å². The Labute approximate surface area is 114 Å². The Bertz CT molecular complexity index is 712. The molecule has 1 unspecified atom stereocenters. The first-order valence-corrected chi connectivity index (χ1v) is 6.46. The predicted octanol–water partition coefficient (Wildman–Crippen LogP) is 0.298. The molecule has 0 aliphatic carbocycles. The van der Waals surface area contributed by atoms with Gasteiger partial charge in [0.15, 0.2) is 0 Å². The van der Waals surface area contributed by atoms with Gasteiger partial charge in [-0.3, -0.25) is 14.5 Å². The van der Waals surface area contributed by atoms with Gasteiger partial charge in [0.1, 0.15) is 11.6 Å². The van der Waals surface area contributed by atoms with Gasteiger partial charge in [0.05, 0.1) is 12.1 Å². The van der Waals surface area contributed by atoms with Crippen LogP contribution < -0.4 is 5.56 Å². The van der Waals surface area contributed by atoms with Crippen molar-refractivity contribution in [3.63, 3.8) is 0 Å². The minimum absolute atomic E-state index is 0.160. The summed E-state index contributed by atoms with van der Waals surface area (Å²) in [5.41, 5.74) is 0.302. The van der Waals surface area contributed by atoms with Crippen LogP contribution in [-0.4, -0.2) is 43.6 Å². The van der Waals surface area contributed by atoms with Gasteiger partial charge >= 0.3 is 5.97 Å². The van der Waals surface area contributed by atoms with E-state index in [-0.39, 0.29) is 12.2 Å². The SMILES string of the molecule is O=C(O)C1CCCN1Cn1nnc2ccccc2c1=O. The monoisotopic (exact) mass is 274 g/mol. The summed E-state index contributed by atoms with van der Waals surface area (Å²) in [5.74, 6) is -0.857. The third kappa shape index (κ3) is 2.16. The number of benzene rings is 1. The number of rotatable bonds is 3. The number of hydrogen-bond donors (Lipinski definition) is 1. The van der Waals surface area contributed by atoms with Crippen LogP contribution in [0.3, 0.4) is 0 Å². The van der Waals surface area contributed by atoms with Crippen molar-refractivity contribution in [2.75, 3.05) is 6.54 Å². The first-order chi connectivity index (χ1) is 9.66. The van der Waals surface area contributed by atoms with Crippen molar-refractivity contribution in [3.8, 4) is 0 Å². The molecule has 1 N–H and O–H groups in total. The molecule has 0 saturated carbocycles. The van der Waals surface area contributed by atoms with E-state index in [9.17, 15) is 9.59 Å². The van der Waals surface area contributed by atoms with Crippen molar-refractivity contribution in [3.05, 3.63) is 34.6 Å². The minimum Gasteiger partial charge on any atom is -0.480 e. The summed E-state index contributed by atoms with van der Waals surface area (Å²) in [7, 11) is 0. The number of carboxylic acid groups (broad SMARTS) is 1. The predicted molar refractivity (Wildman–Crippen MR) is 71.2 cm³/mol. The lowest BCUT2D eigenvalue weighted by Crippen LogP contribution is -2.40. The lowest BCUT2D eigenvalue weighted by Gasteiger charge is -2.20. The molecule has 1 saturated heterocycles. The highest BCUT2D eigenvalue weighted by Crippen LogP contribution is 2.17. The van der Waals surface area contributed by atoms with Gasteiger partial charge in [-0.05, 0) is 25.0 Å². The number of aromatic nitrogens is 3. The van der Waals surface area contributed by atoms with Gasteiger partial charge in [-0.25, -0.2) is 0 Å². The Hall–Kier alpha value is -2.28. The minimum atomic E-state index is -0.857. The Balaban J connectivity index is 1.93. The zero-order valence-corrected chi connectivity index (χ0v) is 10.8. The zero-order chi connectivity index (χ0) is 14.1. The second kappa shape index (κ2) is 5.01. The maximum Gasteiger partial charge on any atom is 0.320 e. The second-order valence-corrected chi connectivity index (χ2v) is 4.86. The average Bonchev–Trinajstić information content (AvgIpc) is 2.91. The quantitative estimate of drug-likeness (QED) is 0.866. The number of fused-ring (bicyclic) bond motifs is 1. The third-order valence-electron chi connectivity index (χ3n) is 3.59. The zero-order valence-electron chi connectivity index (χ0n) is 10.8. The summed E-state index contributed by atoms with van der Waals surface area (Å²) >= 11 is 0. The number of nitrogens with zero attached hydrogens (tertiary/aromatic N) is 4. The van der Waals surface area contributed by atoms with Crippen LogP contribution in [0.5, 0.6) is 0 Å². The molecule has 2 heterocycles. The number of carboxylic acids is 1. The van der Waals surface area contributed by atoms with E-state index >= 15 is 0 Å². The highest BCUT2D eigenvalue weighted by atomic mass is 16.4. The van der Waals surface area contributed by atoms with E-state index in [1.54, 1.807) is 29.2 Å². The van der Waals surface area contributed by atoms with Crippen molar-refractivity contribution in [2.24, 2.45) is 0 Å². The van der Waals surface area contributed by atoms with Crippen molar-refractivity contribution in [2.45, 2.75) is 25.6 Å². The third-order valence-corrected chi connectivity index (χ3v) is 3.59. The number of hydrogen-bond acceptors (Lipinski definition) is 5. The maximum atomic E-state index is 12.3. The number of aliphatic carboxylic acids is 1. The van der Waals surface area contributed by atoms with Crippen LogP contribution in [0.4, 0.5) is 0 Å². The molecule has 20 heavy (non-hydrogen) atoms. The Morgan fingerprint density at radius 1 is 1.40 bits per heavy atom. The van der Waals surface area contributed by atoms with Gasteiger partial charge in [-0.15, -0.1) is 5.10 Å². The number of carbonyl (C=O) groups is 1. The molecule has 7 nitrogen and oxygen atoms in total. The molecule has 1 atom stereocenters. The molecule has 1 aliphatic heterocycles. The van der Waals surface area contributed by atoms with E-state index in [4.69, 9.17) is 5.11 Å². The average molecular weight is 274 g/mol. The highest BCUT2D eigenvalue weighted by molar-refractivity contribution is 5.76. The van der Waals surface area contributed by atoms with E-state index in [1.165, 1.54) is 4.68 Å². The molecule has 7 heteroatoms. The Morgan fingerprint density at radius 2 is 2.20 bits per heavy atom. The second-order valence-electron chi connectivity index (χ2n) is 4.86. The fourth-order valence-electron chi connectivity index (χ4n) is 2.56. The molecular formula is C13H14N4O3. The molecule has 1 aromatic heterocycles. The molecule has 3 rings (SSSR count). The normalized spacial score (nSPS) is 19.5. The first-order valence-electron chi connectivity index (χ1n) is 6.46. The van der Waals surface area contributed by atoms with Crippen LogP contribution in [0.1, 0.15) is 12.8 Å². The van der Waals surface area contributed by atoms with Crippen molar-refractivity contribution in [1.82, 2.24) is 19.9 Å². The van der Waals surface area contributed by atoms with E-state index in [0.29, 0.717) is 23.9 Å². The fourth-order valence-corrected chi connectivity index (χ4v) is 2.56. The van der Waals surface area contributed by atoms with Crippen LogP contribution in [-0.2, 0) is 11.5 Å². The van der Waals surface area contributed by atoms with Gasteiger partial charge in [0.2, 0.25) is 0 Å². The molecule has 1 fully saturated rings. The van der Waals surface area contributed by atoms with E-state index in [0.717, 1.165) is 6.42 Å². The Morgan fingerprint density at radius 3 is 3.00 bits per heavy atom. The van der Waals surface area contributed by atoms with Crippen LogP contribution >= 0.6 is 0 Å². The fraction of sp³-hybridized carbons (Fsp3) is 0.385. The standard InChI is InChI=1S/C13H14N4O3/c18-12-9-4-1-2-5-10(9)14-15-17(12)8-16-7-3-6-11(16)13(19)20/h1-2,4-5,11H,3,6-8H2,(H,19,20). The molecule has 1 aliphatic rings. The Kier molecular flexibility index (Phi) is 3.19. The lowest BCUT2D eigenvalue weighted by atomic mass is 10.2. The van der Waals surface area contributed by atoms with Crippen molar-refractivity contribution in [1.29, 1.82) is 0 Å². The van der Waals surface area contributed by atoms with E-state index in [1.807, 2.05) is 0 Å². The van der Waals surface area contributed by atoms with Crippen LogP contribution in [0.2, 0.25) is 0 Å². The summed E-state index contributed by atoms with van der Waals surface area (Å²) in [4.78, 5) is 25.2. The smallest absolute Gasteiger partial charge is 0.320 e. The van der Waals surface area contributed by atoms with Crippen LogP contribution in [0, 0.1) is 0 Å². The van der Waals surface area contributed by atoms with Gasteiger partial charge < -0.3 is 5.11 Å². The summed E-state index contributed by atoms with van der Waals surface area (Å²) in [6.45, 7) is 0.811. The summed E-state index contributed by atoms with van der Waals surface area (Å²) in [6, 6.07) is 6.44. The molecule has 2 aromatic rings. The molecule has 0 radical (unpaired) electrons. The topological polar surface area (TPSA) is 88.3 Å². The van der Waals surface area contributed by atoms with Crippen LogP contribution in [0.15, 0.2) is 29.1 Å². The maximum absolute atomic E-state index is 12.3. The largest absolute Gasteiger partial charge is 0.480 e. The first kappa shape index (κ1) is 12.7. The molecule has 0 amide bonds. The lowest BCUT2D eigenvalue weighted by molar-refractivity contribution is -0.142. The highest BCUT2D eigenvalue weighted by Gasteiger charge is 2.30. The van der Waals surface area contributed by atoms with Crippen LogP contribution in [0.25, 0.3) is 10.9 Å². The molecule has 1 aromatic carbocycles.